The summed E-state index contributed by atoms with van der Waals surface area (Å²) in [5, 5.41) is 9.18. The van der Waals surface area contributed by atoms with Crippen LogP contribution in [0.25, 0.3) is 33.8 Å². The largest absolute Gasteiger partial charge is 0.383 e. The zero-order valence-electron chi connectivity index (χ0n) is 27.0. The SMILES string of the molecule is N#Cc1nccc(N2CCC3(CCN(Cc4ccc(-n5c(-c6cccnc6N)nc6ccc(C7=CCCC=C7)nc65)cc4)CC3)CC2)n1. The molecular weight excluding hydrogens is 596 g/mol. The molecule has 6 heterocycles. The number of anilines is 2. The molecule has 2 N–H and O–H groups in total. The Labute approximate surface area is 280 Å². The quantitative estimate of drug-likeness (QED) is 0.228. The molecule has 240 valence electrons. The maximum atomic E-state index is 9.18. The van der Waals surface area contributed by atoms with E-state index < -0.39 is 0 Å². The summed E-state index contributed by atoms with van der Waals surface area (Å²) in [6, 6.07) is 20.7. The van der Waals surface area contributed by atoms with E-state index in [4.69, 9.17) is 15.7 Å². The van der Waals surface area contributed by atoms with Crippen LogP contribution in [0.5, 0.6) is 0 Å². The van der Waals surface area contributed by atoms with E-state index in [2.05, 4.69) is 90.0 Å². The standard InChI is InChI=1S/C38H38N10/c39-25-33-41-20-14-34(45-33)47-23-17-38(18-24-47)15-21-46(22-16-38)26-27-8-10-29(11-9-27)48-36(30-7-4-19-42-35(30)40)44-32-13-12-31(43-37(32)48)28-5-2-1-3-6-28/h2,4-14,19-20H,1,3,15-18,21-24,26H2,(H2,40,42). The van der Waals surface area contributed by atoms with Gasteiger partial charge in [0.25, 0.3) is 0 Å². The molecule has 8 rings (SSSR count). The zero-order valence-corrected chi connectivity index (χ0v) is 27.0. The molecule has 48 heavy (non-hydrogen) atoms. The predicted octanol–water partition coefficient (Wildman–Crippen LogP) is 6.34. The molecule has 0 amide bonds. The van der Waals surface area contributed by atoms with Crippen molar-refractivity contribution in [3.05, 3.63) is 102 Å². The van der Waals surface area contributed by atoms with Crippen LogP contribution in [0, 0.1) is 16.7 Å². The fourth-order valence-electron chi connectivity index (χ4n) is 7.44. The van der Waals surface area contributed by atoms with Crippen molar-refractivity contribution in [2.24, 2.45) is 5.41 Å². The average Bonchev–Trinajstić information content (AvgIpc) is 3.52. The Morgan fingerprint density at radius 2 is 1.65 bits per heavy atom. The number of allylic oxidation sites excluding steroid dienone is 4. The van der Waals surface area contributed by atoms with Crippen LogP contribution in [-0.4, -0.2) is 60.6 Å². The first kappa shape index (κ1) is 30.0. The molecule has 4 aromatic heterocycles. The van der Waals surface area contributed by atoms with Gasteiger partial charge in [0.2, 0.25) is 5.82 Å². The van der Waals surface area contributed by atoms with Crippen molar-refractivity contribution in [2.75, 3.05) is 36.8 Å². The summed E-state index contributed by atoms with van der Waals surface area (Å²) < 4.78 is 2.11. The molecule has 0 unspecified atom stereocenters. The Morgan fingerprint density at radius 3 is 2.40 bits per heavy atom. The number of rotatable bonds is 6. The van der Waals surface area contributed by atoms with E-state index in [-0.39, 0.29) is 5.82 Å². The van der Waals surface area contributed by atoms with Crippen LogP contribution in [0.1, 0.15) is 55.6 Å². The van der Waals surface area contributed by atoms with Gasteiger partial charge in [-0.3, -0.25) is 9.47 Å². The van der Waals surface area contributed by atoms with Crippen molar-refractivity contribution in [3.8, 4) is 23.1 Å². The third kappa shape index (κ3) is 5.82. The summed E-state index contributed by atoms with van der Waals surface area (Å²) in [6.07, 6.45) is 16.8. The van der Waals surface area contributed by atoms with Crippen molar-refractivity contribution in [2.45, 2.75) is 45.1 Å². The van der Waals surface area contributed by atoms with Crippen molar-refractivity contribution in [3.63, 3.8) is 0 Å². The van der Waals surface area contributed by atoms with Crippen LogP contribution in [0.2, 0.25) is 0 Å². The number of nitriles is 1. The first-order chi connectivity index (χ1) is 23.6. The highest BCUT2D eigenvalue weighted by Gasteiger charge is 2.37. The number of piperidine rings is 2. The lowest BCUT2D eigenvalue weighted by molar-refractivity contribution is 0.0757. The number of pyridine rings is 2. The number of benzene rings is 1. The number of nitrogens with two attached hydrogens (primary N) is 1. The summed E-state index contributed by atoms with van der Waals surface area (Å²) in [6.45, 7) is 5.08. The van der Waals surface area contributed by atoms with E-state index in [0.717, 1.165) is 104 Å². The molecule has 2 fully saturated rings. The van der Waals surface area contributed by atoms with Gasteiger partial charge in [-0.15, -0.1) is 0 Å². The molecule has 1 spiro atoms. The van der Waals surface area contributed by atoms with Crippen LogP contribution < -0.4 is 10.6 Å². The van der Waals surface area contributed by atoms with Gasteiger partial charge in [0.15, 0.2) is 11.5 Å². The monoisotopic (exact) mass is 634 g/mol. The van der Waals surface area contributed by atoms with E-state index in [0.29, 0.717) is 11.2 Å². The highest BCUT2D eigenvalue weighted by molar-refractivity contribution is 5.85. The Hall–Kier alpha value is -5.40. The van der Waals surface area contributed by atoms with Gasteiger partial charge in [0, 0.05) is 37.7 Å². The van der Waals surface area contributed by atoms with Gasteiger partial charge in [0.05, 0.1) is 11.3 Å². The van der Waals surface area contributed by atoms with Crippen molar-refractivity contribution < 1.29 is 0 Å². The molecule has 2 aliphatic heterocycles. The number of fused-ring (bicyclic) bond motifs is 1. The molecule has 0 saturated carbocycles. The Balaban J connectivity index is 0.987. The summed E-state index contributed by atoms with van der Waals surface area (Å²) in [4.78, 5) is 27.8. The minimum atomic E-state index is 0.238. The number of imidazole rings is 1. The van der Waals surface area contributed by atoms with E-state index in [1.165, 1.54) is 18.4 Å². The molecule has 0 radical (unpaired) electrons. The van der Waals surface area contributed by atoms with Crippen LogP contribution >= 0.6 is 0 Å². The minimum absolute atomic E-state index is 0.238. The van der Waals surface area contributed by atoms with Crippen LogP contribution in [0.4, 0.5) is 11.6 Å². The molecule has 10 nitrogen and oxygen atoms in total. The summed E-state index contributed by atoms with van der Waals surface area (Å²) in [5.74, 6) is 2.28. The third-order valence-electron chi connectivity index (χ3n) is 10.3. The van der Waals surface area contributed by atoms with Gasteiger partial charge in [-0.25, -0.2) is 24.9 Å². The third-order valence-corrected chi connectivity index (χ3v) is 10.3. The van der Waals surface area contributed by atoms with E-state index in [1.54, 1.807) is 12.4 Å². The average molecular weight is 635 g/mol. The van der Waals surface area contributed by atoms with Gasteiger partial charge in [-0.2, -0.15) is 5.26 Å². The van der Waals surface area contributed by atoms with Gasteiger partial charge < -0.3 is 10.6 Å². The molecule has 0 atom stereocenters. The number of hydrogen-bond acceptors (Lipinski definition) is 9. The molecule has 2 saturated heterocycles. The fourth-order valence-corrected chi connectivity index (χ4v) is 7.44. The number of hydrogen-bond donors (Lipinski definition) is 1. The number of likely N-dealkylation sites (tertiary alicyclic amines) is 1. The molecule has 5 aromatic rings. The molecule has 1 aliphatic carbocycles. The Bertz CT molecular complexity index is 2050. The second-order valence-electron chi connectivity index (χ2n) is 13.2. The smallest absolute Gasteiger partial charge is 0.234 e. The van der Waals surface area contributed by atoms with Crippen molar-refractivity contribution in [1.29, 1.82) is 5.26 Å². The van der Waals surface area contributed by atoms with E-state index in [1.807, 2.05) is 18.2 Å². The van der Waals surface area contributed by atoms with Crippen LogP contribution in [-0.2, 0) is 6.54 Å². The normalized spacial score (nSPS) is 17.8. The number of aromatic nitrogens is 6. The number of nitrogens with zero attached hydrogens (tertiary/aromatic N) is 9. The van der Waals surface area contributed by atoms with E-state index in [9.17, 15) is 5.26 Å². The molecule has 0 bridgehead atoms. The lowest BCUT2D eigenvalue weighted by atomic mass is 9.71. The van der Waals surface area contributed by atoms with Gasteiger partial charge in [0.1, 0.15) is 23.2 Å². The van der Waals surface area contributed by atoms with Crippen molar-refractivity contribution in [1.82, 2.24) is 34.4 Å². The predicted molar refractivity (Wildman–Crippen MR) is 188 cm³/mol. The van der Waals surface area contributed by atoms with Gasteiger partial charge >= 0.3 is 0 Å². The zero-order chi connectivity index (χ0) is 32.5. The van der Waals surface area contributed by atoms with Crippen LogP contribution in [0.15, 0.2) is 85.2 Å². The molecular formula is C38H38N10. The minimum Gasteiger partial charge on any atom is -0.383 e. The maximum Gasteiger partial charge on any atom is 0.234 e. The van der Waals surface area contributed by atoms with E-state index >= 15 is 0 Å². The first-order valence-electron chi connectivity index (χ1n) is 16.8. The van der Waals surface area contributed by atoms with Gasteiger partial charge in [-0.1, -0.05) is 30.4 Å². The highest BCUT2D eigenvalue weighted by Crippen LogP contribution is 2.42. The second kappa shape index (κ2) is 12.7. The summed E-state index contributed by atoms with van der Waals surface area (Å²) >= 11 is 0. The second-order valence-corrected chi connectivity index (χ2v) is 13.2. The molecule has 1 aromatic carbocycles. The Morgan fingerprint density at radius 1 is 0.833 bits per heavy atom. The van der Waals surface area contributed by atoms with Gasteiger partial charge in [-0.05, 0) is 111 Å². The fraction of sp³-hybridized carbons (Fsp3) is 0.316. The Kier molecular flexibility index (Phi) is 7.90. The van der Waals surface area contributed by atoms with Crippen molar-refractivity contribution >= 4 is 28.4 Å². The lowest BCUT2D eigenvalue weighted by Crippen LogP contribution is -2.46. The topological polar surface area (TPSA) is 126 Å². The summed E-state index contributed by atoms with van der Waals surface area (Å²) in [7, 11) is 0. The summed E-state index contributed by atoms with van der Waals surface area (Å²) in [5.41, 5.74) is 13.5. The number of nitrogen functional groups attached to an aromatic ring is 1. The highest BCUT2D eigenvalue weighted by atomic mass is 15.2. The maximum absolute atomic E-state index is 9.18. The first-order valence-corrected chi connectivity index (χ1v) is 16.8. The van der Waals surface area contributed by atoms with Crippen LogP contribution in [0.3, 0.4) is 0 Å². The lowest BCUT2D eigenvalue weighted by Gasteiger charge is -2.47. The molecule has 3 aliphatic rings. The molecule has 10 heteroatoms.